The van der Waals surface area contributed by atoms with Crippen LogP contribution in [0.25, 0.3) is 0 Å². The molecule has 27 heavy (non-hydrogen) atoms. The number of anilines is 1. The molecule has 0 aliphatic rings. The number of hydrogen-bond acceptors (Lipinski definition) is 5. The highest BCUT2D eigenvalue weighted by atomic mass is 35.5. The average Bonchev–Trinajstić information content (AvgIpc) is 2.61. The average molecular weight is 408 g/mol. The van der Waals surface area contributed by atoms with Crippen molar-refractivity contribution in [2.75, 3.05) is 4.72 Å². The van der Waals surface area contributed by atoms with E-state index in [2.05, 4.69) is 14.7 Å². The van der Waals surface area contributed by atoms with Crippen LogP contribution in [0.1, 0.15) is 11.3 Å². The highest BCUT2D eigenvalue weighted by Crippen LogP contribution is 2.32. The topological polar surface area (TPSA) is 81.2 Å². The van der Waals surface area contributed by atoms with Gasteiger partial charge in [-0.2, -0.15) is 0 Å². The van der Waals surface area contributed by atoms with Crippen molar-refractivity contribution in [1.82, 2.24) is 9.97 Å². The number of aryl methyl sites for hydroxylation is 2. The van der Waals surface area contributed by atoms with Crippen LogP contribution in [-0.4, -0.2) is 18.4 Å². The van der Waals surface area contributed by atoms with E-state index < -0.39 is 15.8 Å². The van der Waals surface area contributed by atoms with Crippen LogP contribution in [0.4, 0.5) is 10.1 Å². The minimum atomic E-state index is -4.08. The van der Waals surface area contributed by atoms with Gasteiger partial charge in [-0.25, -0.2) is 17.8 Å². The Labute approximate surface area is 161 Å². The number of rotatable bonds is 5. The highest BCUT2D eigenvalue weighted by Gasteiger charge is 2.20. The van der Waals surface area contributed by atoms with Gasteiger partial charge in [-0.3, -0.25) is 9.71 Å². The third-order valence-corrected chi connectivity index (χ3v) is 5.25. The van der Waals surface area contributed by atoms with E-state index in [1.807, 2.05) is 0 Å². The number of sulfonamides is 1. The van der Waals surface area contributed by atoms with Crippen LogP contribution in [0.3, 0.4) is 0 Å². The maximum absolute atomic E-state index is 13.8. The first kappa shape index (κ1) is 19.1. The Bertz CT molecular complexity index is 1110. The van der Waals surface area contributed by atoms with Gasteiger partial charge >= 0.3 is 0 Å². The van der Waals surface area contributed by atoms with E-state index in [1.54, 1.807) is 32.2 Å². The van der Waals surface area contributed by atoms with Crippen molar-refractivity contribution < 1.29 is 17.5 Å². The van der Waals surface area contributed by atoms with Crippen LogP contribution in [0.2, 0.25) is 5.02 Å². The van der Waals surface area contributed by atoms with Gasteiger partial charge in [0.15, 0.2) is 5.75 Å². The number of pyridine rings is 2. The van der Waals surface area contributed by atoms with E-state index in [0.717, 1.165) is 6.07 Å². The van der Waals surface area contributed by atoms with Gasteiger partial charge in [0.05, 0.1) is 15.6 Å². The predicted molar refractivity (Wildman–Crippen MR) is 100 cm³/mol. The third kappa shape index (κ3) is 4.35. The summed E-state index contributed by atoms with van der Waals surface area (Å²) < 4.78 is 47.1. The van der Waals surface area contributed by atoms with Crippen molar-refractivity contribution in [2.24, 2.45) is 0 Å². The molecule has 0 spiro atoms. The minimum absolute atomic E-state index is 0.00772. The summed E-state index contributed by atoms with van der Waals surface area (Å²) in [5, 5.41) is 0.207. The summed E-state index contributed by atoms with van der Waals surface area (Å²) >= 11 is 5.95. The second-order valence-electron chi connectivity index (χ2n) is 5.71. The smallest absolute Gasteiger partial charge is 0.262 e. The monoisotopic (exact) mass is 407 g/mol. The van der Waals surface area contributed by atoms with E-state index in [-0.39, 0.29) is 21.5 Å². The lowest BCUT2D eigenvalue weighted by Crippen LogP contribution is -2.14. The molecule has 2 aromatic heterocycles. The van der Waals surface area contributed by atoms with Crippen LogP contribution < -0.4 is 9.46 Å². The number of nitrogens with one attached hydrogen (secondary N) is 1. The molecule has 3 aromatic rings. The molecule has 0 unspecified atom stereocenters. The summed E-state index contributed by atoms with van der Waals surface area (Å²) in [6.07, 6.45) is 2.93. The van der Waals surface area contributed by atoms with Crippen LogP contribution in [0.5, 0.6) is 11.6 Å². The summed E-state index contributed by atoms with van der Waals surface area (Å²) in [6.45, 7) is 3.28. The van der Waals surface area contributed by atoms with Gasteiger partial charge in [0, 0.05) is 12.4 Å². The lowest BCUT2D eigenvalue weighted by atomic mass is 10.2. The van der Waals surface area contributed by atoms with Crippen LogP contribution in [0, 0.1) is 19.7 Å². The van der Waals surface area contributed by atoms with Gasteiger partial charge in [0.2, 0.25) is 5.88 Å². The summed E-state index contributed by atoms with van der Waals surface area (Å²) in [4.78, 5) is 7.92. The number of ether oxygens (including phenoxy) is 1. The standard InChI is InChI=1S/C18H15ClFN3O3S/c1-11-5-6-14(9-15(11)20)27(24,25)23-16-8-13(19)10-22-18(16)26-17-4-3-7-21-12(17)2/h3-10,23H,1-2H3. The zero-order valence-corrected chi connectivity index (χ0v) is 16.0. The molecule has 3 rings (SSSR count). The molecule has 0 aliphatic heterocycles. The van der Waals surface area contributed by atoms with Crippen molar-refractivity contribution in [2.45, 2.75) is 18.7 Å². The zero-order chi connectivity index (χ0) is 19.6. The van der Waals surface area contributed by atoms with Gasteiger partial charge < -0.3 is 4.74 Å². The Balaban J connectivity index is 1.97. The van der Waals surface area contributed by atoms with E-state index in [4.69, 9.17) is 16.3 Å². The molecule has 0 bridgehead atoms. The molecule has 1 N–H and O–H groups in total. The SMILES string of the molecule is Cc1ccc(S(=O)(=O)Nc2cc(Cl)cnc2Oc2cccnc2C)cc1F. The Kier molecular flexibility index (Phi) is 5.29. The number of nitrogens with zero attached hydrogens (tertiary/aromatic N) is 2. The van der Waals surface area contributed by atoms with Crippen LogP contribution >= 0.6 is 11.6 Å². The van der Waals surface area contributed by atoms with Gasteiger partial charge in [0.1, 0.15) is 11.5 Å². The molecule has 9 heteroatoms. The van der Waals surface area contributed by atoms with Gasteiger partial charge in [0.25, 0.3) is 10.0 Å². The van der Waals surface area contributed by atoms with Crippen LogP contribution in [0.15, 0.2) is 53.7 Å². The first-order valence-corrected chi connectivity index (χ1v) is 9.66. The summed E-state index contributed by atoms with van der Waals surface area (Å²) in [5.41, 5.74) is 0.963. The van der Waals surface area contributed by atoms with Crippen molar-refractivity contribution in [1.29, 1.82) is 0 Å². The largest absolute Gasteiger partial charge is 0.435 e. The predicted octanol–water partition coefficient (Wildman–Crippen LogP) is 4.48. The lowest BCUT2D eigenvalue weighted by Gasteiger charge is -2.14. The molecule has 1 aromatic carbocycles. The fourth-order valence-electron chi connectivity index (χ4n) is 2.21. The molecule has 0 radical (unpaired) electrons. The normalized spacial score (nSPS) is 11.3. The van der Waals surface area contributed by atoms with Crippen molar-refractivity contribution in [3.05, 3.63) is 70.9 Å². The van der Waals surface area contributed by atoms with Crippen molar-refractivity contribution in [3.8, 4) is 11.6 Å². The molecule has 0 fully saturated rings. The Morgan fingerprint density at radius 2 is 1.93 bits per heavy atom. The quantitative estimate of drug-likeness (QED) is 0.674. The lowest BCUT2D eigenvalue weighted by molar-refractivity contribution is 0.459. The molecule has 0 saturated heterocycles. The fourth-order valence-corrected chi connectivity index (χ4v) is 3.42. The number of benzene rings is 1. The minimum Gasteiger partial charge on any atom is -0.435 e. The summed E-state index contributed by atoms with van der Waals surface area (Å²) in [7, 11) is -4.08. The molecule has 0 atom stereocenters. The fraction of sp³-hybridized carbons (Fsp3) is 0.111. The van der Waals surface area contributed by atoms with E-state index in [9.17, 15) is 12.8 Å². The molecule has 0 saturated carbocycles. The molecular formula is C18H15ClFN3O3S. The maximum atomic E-state index is 13.8. The second kappa shape index (κ2) is 7.50. The molecule has 0 aliphatic carbocycles. The Morgan fingerprint density at radius 3 is 2.63 bits per heavy atom. The summed E-state index contributed by atoms with van der Waals surface area (Å²) in [5.74, 6) is -0.217. The molecule has 0 amide bonds. The van der Waals surface area contributed by atoms with Crippen LogP contribution in [-0.2, 0) is 10.0 Å². The molecular weight excluding hydrogens is 393 g/mol. The first-order valence-electron chi connectivity index (χ1n) is 7.80. The molecule has 2 heterocycles. The van der Waals surface area contributed by atoms with E-state index in [1.165, 1.54) is 24.4 Å². The van der Waals surface area contributed by atoms with Gasteiger partial charge in [-0.15, -0.1) is 0 Å². The molecule has 140 valence electrons. The van der Waals surface area contributed by atoms with E-state index in [0.29, 0.717) is 17.0 Å². The van der Waals surface area contributed by atoms with Gasteiger partial charge in [-0.1, -0.05) is 17.7 Å². The zero-order valence-electron chi connectivity index (χ0n) is 14.4. The van der Waals surface area contributed by atoms with E-state index >= 15 is 0 Å². The van der Waals surface area contributed by atoms with Crippen molar-refractivity contribution in [3.63, 3.8) is 0 Å². The second-order valence-corrected chi connectivity index (χ2v) is 7.83. The third-order valence-electron chi connectivity index (χ3n) is 3.68. The number of aromatic nitrogens is 2. The summed E-state index contributed by atoms with van der Waals surface area (Å²) in [6, 6.07) is 8.35. The maximum Gasteiger partial charge on any atom is 0.262 e. The first-order chi connectivity index (χ1) is 12.8. The number of halogens is 2. The van der Waals surface area contributed by atoms with Gasteiger partial charge in [-0.05, 0) is 49.7 Å². The van der Waals surface area contributed by atoms with Crippen molar-refractivity contribution >= 4 is 27.3 Å². The molecule has 6 nitrogen and oxygen atoms in total. The Hall–Kier alpha value is -2.71. The number of hydrogen-bond donors (Lipinski definition) is 1. The highest BCUT2D eigenvalue weighted by molar-refractivity contribution is 7.92. The Morgan fingerprint density at radius 1 is 1.15 bits per heavy atom.